The van der Waals surface area contributed by atoms with E-state index in [2.05, 4.69) is 9.97 Å². The predicted octanol–water partition coefficient (Wildman–Crippen LogP) is 1.27. The van der Waals surface area contributed by atoms with Gasteiger partial charge in [-0.15, -0.1) is 0 Å². The minimum Gasteiger partial charge on any atom is -0.368 e. The topological polar surface area (TPSA) is 94.9 Å². The molecule has 0 spiro atoms. The zero-order valence-corrected chi connectivity index (χ0v) is 9.64. The first kappa shape index (κ1) is 12.0. The molecular formula is C12H11FN4O. The van der Waals surface area contributed by atoms with Crippen LogP contribution in [0.25, 0.3) is 11.3 Å². The van der Waals surface area contributed by atoms with Gasteiger partial charge in [0.15, 0.2) is 0 Å². The number of rotatable bonds is 2. The minimum absolute atomic E-state index is 0.0317. The molecular weight excluding hydrogens is 235 g/mol. The fraction of sp³-hybridized carbons (Fsp3) is 0.0833. The van der Waals surface area contributed by atoms with Crippen molar-refractivity contribution >= 4 is 11.9 Å². The third kappa shape index (κ3) is 2.00. The molecule has 0 saturated carbocycles. The molecule has 4 N–H and O–H groups in total. The lowest BCUT2D eigenvalue weighted by Crippen LogP contribution is -2.17. The Kier molecular flexibility index (Phi) is 2.93. The van der Waals surface area contributed by atoms with E-state index in [-0.39, 0.29) is 22.8 Å². The molecule has 6 heteroatoms. The Labute approximate surface area is 103 Å². The first-order chi connectivity index (χ1) is 8.50. The molecule has 0 bridgehead atoms. The van der Waals surface area contributed by atoms with Crippen LogP contribution in [0.4, 0.5) is 10.3 Å². The normalized spacial score (nSPS) is 10.3. The molecule has 5 nitrogen and oxygen atoms in total. The first-order valence-corrected chi connectivity index (χ1v) is 5.19. The molecule has 0 aliphatic carbocycles. The van der Waals surface area contributed by atoms with Crippen LogP contribution in [0.15, 0.2) is 24.3 Å². The van der Waals surface area contributed by atoms with Crippen LogP contribution in [-0.2, 0) is 0 Å². The SMILES string of the molecule is Cc1nc(N)nc(-c2ccccc2F)c1C(N)=O. The summed E-state index contributed by atoms with van der Waals surface area (Å²) in [6.07, 6.45) is 0. The molecule has 92 valence electrons. The van der Waals surface area contributed by atoms with Crippen LogP contribution < -0.4 is 11.5 Å². The van der Waals surface area contributed by atoms with Gasteiger partial charge in [0, 0.05) is 5.56 Å². The summed E-state index contributed by atoms with van der Waals surface area (Å²) >= 11 is 0. The molecule has 1 amide bonds. The molecule has 2 rings (SSSR count). The van der Waals surface area contributed by atoms with E-state index in [4.69, 9.17) is 11.5 Å². The fourth-order valence-electron chi connectivity index (χ4n) is 1.74. The highest BCUT2D eigenvalue weighted by Crippen LogP contribution is 2.26. The average molecular weight is 246 g/mol. The van der Waals surface area contributed by atoms with E-state index >= 15 is 0 Å². The van der Waals surface area contributed by atoms with Gasteiger partial charge in [0.1, 0.15) is 5.82 Å². The number of aromatic nitrogens is 2. The average Bonchev–Trinajstić information content (AvgIpc) is 2.27. The minimum atomic E-state index is -0.717. The lowest BCUT2D eigenvalue weighted by atomic mass is 10.0. The molecule has 0 atom stereocenters. The molecule has 18 heavy (non-hydrogen) atoms. The van der Waals surface area contributed by atoms with E-state index in [0.717, 1.165) is 0 Å². The lowest BCUT2D eigenvalue weighted by molar-refractivity contribution is 0.0999. The van der Waals surface area contributed by atoms with Crippen LogP contribution in [-0.4, -0.2) is 15.9 Å². The molecule has 0 unspecified atom stereocenters. The van der Waals surface area contributed by atoms with Gasteiger partial charge in [-0.05, 0) is 19.1 Å². The Bertz CT molecular complexity index is 627. The second kappa shape index (κ2) is 4.40. The van der Waals surface area contributed by atoms with Gasteiger partial charge in [-0.1, -0.05) is 12.1 Å². The third-order valence-electron chi connectivity index (χ3n) is 2.48. The maximum Gasteiger partial charge on any atom is 0.252 e. The number of nitrogens with two attached hydrogens (primary N) is 2. The van der Waals surface area contributed by atoms with Gasteiger partial charge >= 0.3 is 0 Å². The Balaban J connectivity index is 2.78. The van der Waals surface area contributed by atoms with Crippen molar-refractivity contribution < 1.29 is 9.18 Å². The molecule has 0 fully saturated rings. The highest BCUT2D eigenvalue weighted by atomic mass is 19.1. The Morgan fingerprint density at radius 2 is 1.94 bits per heavy atom. The standard InChI is InChI=1S/C12H11FN4O/c1-6-9(11(14)18)10(17-12(15)16-6)7-4-2-3-5-8(7)13/h2-5H,1H3,(H2,14,18)(H2,15,16,17). The van der Waals surface area contributed by atoms with Crippen LogP contribution in [0.2, 0.25) is 0 Å². The molecule has 0 aliphatic heterocycles. The largest absolute Gasteiger partial charge is 0.368 e. The summed E-state index contributed by atoms with van der Waals surface area (Å²) in [5, 5.41) is 0. The van der Waals surface area contributed by atoms with Crippen molar-refractivity contribution in [3.05, 3.63) is 41.3 Å². The van der Waals surface area contributed by atoms with Gasteiger partial charge in [0.25, 0.3) is 5.91 Å². The second-order valence-corrected chi connectivity index (χ2v) is 3.73. The van der Waals surface area contributed by atoms with E-state index in [1.807, 2.05) is 0 Å². The van der Waals surface area contributed by atoms with Gasteiger partial charge in [-0.25, -0.2) is 14.4 Å². The first-order valence-electron chi connectivity index (χ1n) is 5.19. The molecule has 0 aliphatic rings. The smallest absolute Gasteiger partial charge is 0.252 e. The van der Waals surface area contributed by atoms with Crippen molar-refractivity contribution in [2.24, 2.45) is 5.73 Å². The predicted molar refractivity (Wildman–Crippen MR) is 65.1 cm³/mol. The third-order valence-corrected chi connectivity index (χ3v) is 2.48. The zero-order valence-electron chi connectivity index (χ0n) is 9.64. The van der Waals surface area contributed by atoms with Crippen LogP contribution >= 0.6 is 0 Å². The maximum absolute atomic E-state index is 13.7. The highest BCUT2D eigenvalue weighted by Gasteiger charge is 2.19. The maximum atomic E-state index is 13.7. The van der Waals surface area contributed by atoms with E-state index < -0.39 is 11.7 Å². The van der Waals surface area contributed by atoms with Crippen LogP contribution in [0.5, 0.6) is 0 Å². The van der Waals surface area contributed by atoms with Crippen molar-refractivity contribution in [2.75, 3.05) is 5.73 Å². The second-order valence-electron chi connectivity index (χ2n) is 3.73. The number of carbonyl (C=O) groups excluding carboxylic acids is 1. The monoisotopic (exact) mass is 246 g/mol. The number of hydrogen-bond acceptors (Lipinski definition) is 4. The summed E-state index contributed by atoms with van der Waals surface area (Å²) in [6, 6.07) is 5.95. The Morgan fingerprint density at radius 3 is 2.56 bits per heavy atom. The summed E-state index contributed by atoms with van der Waals surface area (Å²) in [5.41, 5.74) is 11.5. The number of anilines is 1. The number of hydrogen-bond donors (Lipinski definition) is 2. The number of halogens is 1. The molecule has 0 saturated heterocycles. The van der Waals surface area contributed by atoms with Gasteiger partial charge in [0.2, 0.25) is 5.95 Å². The van der Waals surface area contributed by atoms with Gasteiger partial charge < -0.3 is 11.5 Å². The van der Waals surface area contributed by atoms with Gasteiger partial charge in [-0.2, -0.15) is 0 Å². The number of aryl methyl sites for hydroxylation is 1. The number of nitrogens with zero attached hydrogens (tertiary/aromatic N) is 2. The van der Waals surface area contributed by atoms with Crippen LogP contribution in [0.1, 0.15) is 16.1 Å². The molecule has 1 heterocycles. The van der Waals surface area contributed by atoms with E-state index in [9.17, 15) is 9.18 Å². The van der Waals surface area contributed by atoms with Gasteiger partial charge in [0.05, 0.1) is 17.0 Å². The highest BCUT2D eigenvalue weighted by molar-refractivity contribution is 6.00. The van der Waals surface area contributed by atoms with Crippen LogP contribution in [0, 0.1) is 12.7 Å². The van der Waals surface area contributed by atoms with E-state index in [1.54, 1.807) is 19.1 Å². The van der Waals surface area contributed by atoms with Crippen molar-refractivity contribution in [1.82, 2.24) is 9.97 Å². The molecule has 2 aromatic rings. The Hall–Kier alpha value is -2.50. The van der Waals surface area contributed by atoms with E-state index in [0.29, 0.717) is 5.69 Å². The number of nitrogen functional groups attached to an aromatic ring is 1. The molecule has 0 radical (unpaired) electrons. The number of benzene rings is 1. The summed E-state index contributed by atoms with van der Waals surface area (Å²) in [5.74, 6) is -1.25. The molecule has 1 aromatic heterocycles. The van der Waals surface area contributed by atoms with E-state index in [1.165, 1.54) is 12.1 Å². The van der Waals surface area contributed by atoms with Crippen molar-refractivity contribution in [2.45, 2.75) is 6.92 Å². The summed E-state index contributed by atoms with van der Waals surface area (Å²) < 4.78 is 13.7. The van der Waals surface area contributed by atoms with Gasteiger partial charge in [-0.3, -0.25) is 4.79 Å². The fourth-order valence-corrected chi connectivity index (χ4v) is 1.74. The van der Waals surface area contributed by atoms with Crippen molar-refractivity contribution in [1.29, 1.82) is 0 Å². The van der Waals surface area contributed by atoms with Crippen molar-refractivity contribution in [3.63, 3.8) is 0 Å². The number of carbonyl (C=O) groups is 1. The summed E-state index contributed by atoms with van der Waals surface area (Å²) in [7, 11) is 0. The van der Waals surface area contributed by atoms with Crippen molar-refractivity contribution in [3.8, 4) is 11.3 Å². The lowest BCUT2D eigenvalue weighted by Gasteiger charge is -2.10. The zero-order chi connectivity index (χ0) is 13.3. The quantitative estimate of drug-likeness (QED) is 0.834. The van der Waals surface area contributed by atoms with Crippen LogP contribution in [0.3, 0.4) is 0 Å². The number of amides is 1. The number of primary amides is 1. The Morgan fingerprint density at radius 1 is 1.28 bits per heavy atom. The molecule has 1 aromatic carbocycles. The summed E-state index contributed by atoms with van der Waals surface area (Å²) in [4.78, 5) is 19.2. The summed E-state index contributed by atoms with van der Waals surface area (Å²) in [6.45, 7) is 1.57.